The quantitative estimate of drug-likeness (QED) is 0.624. The van der Waals surface area contributed by atoms with Crippen molar-refractivity contribution in [2.24, 2.45) is 0 Å². The van der Waals surface area contributed by atoms with Gasteiger partial charge in [-0.3, -0.25) is 14.5 Å². The Labute approximate surface area is 139 Å². The average Bonchev–Trinajstić information content (AvgIpc) is 3.23. The standard InChI is InChI=1S/C18H17N5O/c1-12(2)24-15-5-3-4-13(6-15)16-11-23-17(14-7-21-22-8-14)9-20-18(23)10-19-16/h3-12H,1-2H3,(H,21,22). The third-order valence-electron chi connectivity index (χ3n) is 3.69. The number of nitrogens with one attached hydrogen (secondary N) is 1. The SMILES string of the molecule is CC(C)Oc1cccc(-c2cn3c(-c4cn[nH]c4)cnc3cn2)c1. The number of aromatic nitrogens is 5. The normalized spacial score (nSPS) is 11.3. The van der Waals surface area contributed by atoms with Crippen LogP contribution in [0.2, 0.25) is 0 Å². The van der Waals surface area contributed by atoms with Crippen LogP contribution in [0.4, 0.5) is 0 Å². The number of H-pyrrole nitrogens is 1. The van der Waals surface area contributed by atoms with Crippen LogP contribution >= 0.6 is 0 Å². The molecule has 0 amide bonds. The monoisotopic (exact) mass is 319 g/mol. The van der Waals surface area contributed by atoms with Gasteiger partial charge in [-0.1, -0.05) is 12.1 Å². The second-order valence-corrected chi connectivity index (χ2v) is 5.83. The molecule has 0 saturated carbocycles. The molecule has 3 aromatic heterocycles. The Morgan fingerprint density at radius 3 is 2.79 bits per heavy atom. The lowest BCUT2D eigenvalue weighted by atomic mass is 10.1. The lowest BCUT2D eigenvalue weighted by Gasteiger charge is -2.11. The lowest BCUT2D eigenvalue weighted by molar-refractivity contribution is 0.242. The third kappa shape index (κ3) is 2.62. The summed E-state index contributed by atoms with van der Waals surface area (Å²) < 4.78 is 7.79. The number of nitrogens with zero attached hydrogens (tertiary/aromatic N) is 4. The first-order chi connectivity index (χ1) is 11.7. The molecule has 0 atom stereocenters. The molecule has 0 aliphatic carbocycles. The number of benzene rings is 1. The molecular weight excluding hydrogens is 302 g/mol. The second kappa shape index (κ2) is 5.81. The summed E-state index contributed by atoms with van der Waals surface area (Å²) in [5.74, 6) is 0.838. The Balaban J connectivity index is 1.79. The Morgan fingerprint density at radius 2 is 2.00 bits per heavy atom. The van der Waals surface area contributed by atoms with E-state index in [0.717, 1.165) is 33.9 Å². The number of rotatable bonds is 4. The minimum atomic E-state index is 0.136. The highest BCUT2D eigenvalue weighted by molar-refractivity contribution is 5.66. The van der Waals surface area contributed by atoms with Crippen molar-refractivity contribution >= 4 is 5.65 Å². The molecule has 0 unspecified atom stereocenters. The summed E-state index contributed by atoms with van der Waals surface area (Å²) in [6.07, 6.45) is 9.34. The molecule has 0 radical (unpaired) electrons. The first kappa shape index (κ1) is 14.4. The van der Waals surface area contributed by atoms with Crippen LogP contribution in [0.25, 0.3) is 28.2 Å². The zero-order valence-corrected chi connectivity index (χ0v) is 13.5. The van der Waals surface area contributed by atoms with E-state index in [1.54, 1.807) is 12.4 Å². The maximum atomic E-state index is 5.77. The van der Waals surface area contributed by atoms with E-state index in [1.807, 2.05) is 61.1 Å². The number of hydrogen-bond donors (Lipinski definition) is 1. The minimum Gasteiger partial charge on any atom is -0.491 e. The van der Waals surface area contributed by atoms with Crippen LogP contribution in [0, 0.1) is 0 Å². The molecule has 1 aromatic carbocycles. The zero-order valence-electron chi connectivity index (χ0n) is 13.5. The van der Waals surface area contributed by atoms with Gasteiger partial charge >= 0.3 is 0 Å². The van der Waals surface area contributed by atoms with Gasteiger partial charge in [-0.05, 0) is 26.0 Å². The summed E-state index contributed by atoms with van der Waals surface area (Å²) >= 11 is 0. The van der Waals surface area contributed by atoms with Crippen LogP contribution < -0.4 is 4.74 Å². The molecule has 4 aromatic rings. The van der Waals surface area contributed by atoms with Crippen molar-refractivity contribution in [3.63, 3.8) is 0 Å². The topological polar surface area (TPSA) is 68.1 Å². The van der Waals surface area contributed by atoms with Crippen LogP contribution in [0.3, 0.4) is 0 Å². The molecule has 0 bridgehead atoms. The van der Waals surface area contributed by atoms with Gasteiger partial charge in [-0.15, -0.1) is 0 Å². The van der Waals surface area contributed by atoms with Crippen molar-refractivity contribution in [1.29, 1.82) is 0 Å². The first-order valence-electron chi connectivity index (χ1n) is 7.80. The van der Waals surface area contributed by atoms with E-state index >= 15 is 0 Å². The van der Waals surface area contributed by atoms with Crippen molar-refractivity contribution in [2.75, 3.05) is 0 Å². The van der Waals surface area contributed by atoms with Crippen LogP contribution in [0.1, 0.15) is 13.8 Å². The summed E-state index contributed by atoms with van der Waals surface area (Å²) in [4.78, 5) is 8.93. The number of ether oxygens (including phenoxy) is 1. The van der Waals surface area contributed by atoms with Gasteiger partial charge in [0.2, 0.25) is 0 Å². The molecule has 24 heavy (non-hydrogen) atoms. The van der Waals surface area contributed by atoms with Crippen molar-refractivity contribution in [3.05, 3.63) is 55.2 Å². The smallest absolute Gasteiger partial charge is 0.155 e. The second-order valence-electron chi connectivity index (χ2n) is 5.83. The van der Waals surface area contributed by atoms with Crippen molar-refractivity contribution < 1.29 is 4.74 Å². The molecule has 120 valence electrons. The molecule has 0 spiro atoms. The number of fused-ring (bicyclic) bond motifs is 1. The van der Waals surface area contributed by atoms with E-state index in [1.165, 1.54) is 0 Å². The van der Waals surface area contributed by atoms with Crippen molar-refractivity contribution in [3.8, 4) is 28.3 Å². The molecule has 3 heterocycles. The van der Waals surface area contributed by atoms with E-state index in [9.17, 15) is 0 Å². The van der Waals surface area contributed by atoms with Gasteiger partial charge in [-0.25, -0.2) is 4.98 Å². The van der Waals surface area contributed by atoms with Gasteiger partial charge in [0, 0.05) is 23.5 Å². The number of hydrogen-bond acceptors (Lipinski definition) is 4. The maximum Gasteiger partial charge on any atom is 0.155 e. The van der Waals surface area contributed by atoms with E-state index in [2.05, 4.69) is 20.2 Å². The third-order valence-corrected chi connectivity index (χ3v) is 3.69. The molecule has 4 rings (SSSR count). The van der Waals surface area contributed by atoms with Crippen LogP contribution in [0.15, 0.2) is 55.2 Å². The highest BCUT2D eigenvalue weighted by Crippen LogP contribution is 2.25. The van der Waals surface area contributed by atoms with E-state index in [4.69, 9.17) is 4.74 Å². The molecule has 0 saturated heterocycles. The Bertz CT molecular complexity index is 972. The summed E-state index contributed by atoms with van der Waals surface area (Å²) in [7, 11) is 0. The average molecular weight is 319 g/mol. The molecule has 6 heteroatoms. The van der Waals surface area contributed by atoms with Crippen molar-refractivity contribution in [1.82, 2.24) is 24.6 Å². The first-order valence-corrected chi connectivity index (χ1v) is 7.80. The Morgan fingerprint density at radius 1 is 1.08 bits per heavy atom. The summed E-state index contributed by atoms with van der Waals surface area (Å²) in [6.45, 7) is 4.03. The fourth-order valence-electron chi connectivity index (χ4n) is 2.64. The van der Waals surface area contributed by atoms with Gasteiger partial charge in [-0.2, -0.15) is 5.10 Å². The van der Waals surface area contributed by atoms with Gasteiger partial charge in [0.05, 0.1) is 36.1 Å². The summed E-state index contributed by atoms with van der Waals surface area (Å²) in [6, 6.07) is 7.96. The number of aromatic amines is 1. The molecular formula is C18H17N5O. The predicted molar refractivity (Wildman–Crippen MR) is 91.8 cm³/mol. The van der Waals surface area contributed by atoms with E-state index < -0.39 is 0 Å². The molecule has 0 aliphatic rings. The fraction of sp³-hybridized carbons (Fsp3) is 0.167. The lowest BCUT2D eigenvalue weighted by Crippen LogP contribution is -2.05. The fourth-order valence-corrected chi connectivity index (χ4v) is 2.64. The highest BCUT2D eigenvalue weighted by Gasteiger charge is 2.10. The molecule has 0 fully saturated rings. The summed E-state index contributed by atoms with van der Waals surface area (Å²) in [5, 5.41) is 6.84. The predicted octanol–water partition coefficient (Wildman–Crippen LogP) is 3.57. The van der Waals surface area contributed by atoms with Crippen molar-refractivity contribution in [2.45, 2.75) is 20.0 Å². The molecule has 1 N–H and O–H groups in total. The Hall–Kier alpha value is -3.15. The van der Waals surface area contributed by atoms with Gasteiger partial charge < -0.3 is 4.74 Å². The van der Waals surface area contributed by atoms with Crippen LogP contribution in [-0.2, 0) is 0 Å². The zero-order chi connectivity index (χ0) is 16.5. The minimum absolute atomic E-state index is 0.136. The van der Waals surface area contributed by atoms with E-state index in [-0.39, 0.29) is 6.10 Å². The number of imidazole rings is 1. The highest BCUT2D eigenvalue weighted by atomic mass is 16.5. The maximum absolute atomic E-state index is 5.77. The largest absolute Gasteiger partial charge is 0.491 e. The molecule has 0 aliphatic heterocycles. The summed E-state index contributed by atoms with van der Waals surface area (Å²) in [5.41, 5.74) is 4.61. The van der Waals surface area contributed by atoms with Gasteiger partial charge in [0.15, 0.2) is 5.65 Å². The van der Waals surface area contributed by atoms with Crippen LogP contribution in [-0.4, -0.2) is 30.7 Å². The van der Waals surface area contributed by atoms with Gasteiger partial charge in [0.25, 0.3) is 0 Å². The molecule has 6 nitrogen and oxygen atoms in total. The van der Waals surface area contributed by atoms with E-state index in [0.29, 0.717) is 0 Å². The van der Waals surface area contributed by atoms with Gasteiger partial charge in [0.1, 0.15) is 5.75 Å². The van der Waals surface area contributed by atoms with Crippen LogP contribution in [0.5, 0.6) is 5.75 Å². The Kier molecular flexibility index (Phi) is 3.49.